The van der Waals surface area contributed by atoms with Crippen LogP contribution in [0.1, 0.15) is 11.1 Å². The van der Waals surface area contributed by atoms with E-state index in [9.17, 15) is 4.79 Å². The van der Waals surface area contributed by atoms with Crippen LogP contribution < -0.4 is 10.2 Å². The van der Waals surface area contributed by atoms with Crippen molar-refractivity contribution < 1.29 is 14.3 Å². The van der Waals surface area contributed by atoms with Crippen LogP contribution in [0.3, 0.4) is 0 Å². The summed E-state index contributed by atoms with van der Waals surface area (Å²) in [5, 5.41) is 4.43. The zero-order valence-electron chi connectivity index (χ0n) is 12.0. The molecule has 1 amide bonds. The van der Waals surface area contributed by atoms with Crippen molar-refractivity contribution in [3.63, 3.8) is 0 Å². The molecule has 0 heterocycles. The van der Waals surface area contributed by atoms with Crippen LogP contribution in [0.4, 0.5) is 4.79 Å². The van der Waals surface area contributed by atoms with Gasteiger partial charge in [0.15, 0.2) is 0 Å². The Morgan fingerprint density at radius 2 is 2.09 bits per heavy atom. The molecular weight excluding hydrogens is 304 g/mol. The molecule has 0 fully saturated rings. The van der Waals surface area contributed by atoms with Gasteiger partial charge in [0.2, 0.25) is 0 Å². The third-order valence-electron chi connectivity index (χ3n) is 2.77. The average molecular weight is 319 g/mol. The lowest BCUT2D eigenvalue weighted by Gasteiger charge is -2.08. The number of benzene rings is 2. The van der Waals surface area contributed by atoms with Gasteiger partial charge in [0.25, 0.3) is 0 Å². The molecular formula is C16H15ClN2O3. The van der Waals surface area contributed by atoms with E-state index in [4.69, 9.17) is 16.3 Å². The van der Waals surface area contributed by atoms with Crippen LogP contribution in [-0.4, -0.2) is 19.4 Å². The molecule has 0 saturated heterocycles. The average Bonchev–Trinajstić information content (AvgIpc) is 2.54. The van der Waals surface area contributed by atoms with Crippen LogP contribution >= 0.6 is 11.6 Å². The minimum absolute atomic E-state index is 0.376. The first-order chi connectivity index (χ1) is 10.7. The van der Waals surface area contributed by atoms with Crippen molar-refractivity contribution in [3.05, 3.63) is 64.7 Å². The predicted octanol–water partition coefficient (Wildman–Crippen LogP) is 3.61. The summed E-state index contributed by atoms with van der Waals surface area (Å²) in [5.74, 6) is 0.682. The van der Waals surface area contributed by atoms with Crippen LogP contribution in [-0.2, 0) is 11.3 Å². The van der Waals surface area contributed by atoms with Crippen LogP contribution in [0, 0.1) is 0 Å². The molecule has 0 spiro atoms. The van der Waals surface area contributed by atoms with Crippen LogP contribution in [0.25, 0.3) is 0 Å². The molecule has 0 aromatic heterocycles. The Bertz CT molecular complexity index is 674. The number of ether oxygens (including phenoxy) is 2. The second-order valence-corrected chi connectivity index (χ2v) is 4.72. The number of carbonyl (C=O) groups excluding carboxylic acids is 1. The Morgan fingerprint density at radius 3 is 2.86 bits per heavy atom. The van der Waals surface area contributed by atoms with Gasteiger partial charge in [0.05, 0.1) is 13.3 Å². The summed E-state index contributed by atoms with van der Waals surface area (Å²) in [7, 11) is 1.27. The highest BCUT2D eigenvalue weighted by atomic mass is 35.5. The molecule has 0 aliphatic carbocycles. The zero-order chi connectivity index (χ0) is 15.8. The van der Waals surface area contributed by atoms with E-state index in [0.717, 1.165) is 11.1 Å². The minimum atomic E-state index is -0.623. The number of nitrogens with zero attached hydrogens (tertiary/aromatic N) is 1. The van der Waals surface area contributed by atoms with E-state index in [0.29, 0.717) is 17.4 Å². The van der Waals surface area contributed by atoms with E-state index in [2.05, 4.69) is 15.3 Å². The van der Waals surface area contributed by atoms with Crippen molar-refractivity contribution in [1.82, 2.24) is 5.43 Å². The van der Waals surface area contributed by atoms with Gasteiger partial charge >= 0.3 is 6.09 Å². The summed E-state index contributed by atoms with van der Waals surface area (Å²) < 4.78 is 10.1. The molecule has 6 heteroatoms. The van der Waals surface area contributed by atoms with E-state index in [1.807, 2.05) is 42.5 Å². The number of hydrogen-bond donors (Lipinski definition) is 1. The Labute approximate surface area is 133 Å². The molecule has 0 aliphatic heterocycles. The molecule has 1 N–H and O–H groups in total. The topological polar surface area (TPSA) is 59.9 Å². The third kappa shape index (κ3) is 4.79. The predicted molar refractivity (Wildman–Crippen MR) is 85.4 cm³/mol. The maximum atomic E-state index is 10.9. The van der Waals surface area contributed by atoms with Gasteiger partial charge < -0.3 is 9.47 Å². The molecule has 0 radical (unpaired) electrons. The molecule has 0 atom stereocenters. The number of amides is 1. The Morgan fingerprint density at radius 1 is 1.27 bits per heavy atom. The van der Waals surface area contributed by atoms with Crippen molar-refractivity contribution in [3.8, 4) is 5.75 Å². The van der Waals surface area contributed by atoms with Crippen LogP contribution in [0.5, 0.6) is 5.75 Å². The Kier molecular flexibility index (Phi) is 5.80. The van der Waals surface area contributed by atoms with Gasteiger partial charge in [-0.25, -0.2) is 10.2 Å². The second-order valence-electron chi connectivity index (χ2n) is 4.31. The number of nitrogens with one attached hydrogen (secondary N) is 1. The lowest BCUT2D eigenvalue weighted by atomic mass is 10.2. The van der Waals surface area contributed by atoms with Gasteiger partial charge in [-0.2, -0.15) is 5.10 Å². The van der Waals surface area contributed by atoms with E-state index in [-0.39, 0.29) is 0 Å². The molecule has 22 heavy (non-hydrogen) atoms. The monoisotopic (exact) mass is 318 g/mol. The SMILES string of the molecule is COC(=O)N/N=C\c1cccc(OCc2ccccc2Cl)c1. The number of carbonyl (C=O) groups is 1. The van der Waals surface area contributed by atoms with Gasteiger partial charge in [-0.3, -0.25) is 0 Å². The molecule has 114 valence electrons. The third-order valence-corrected chi connectivity index (χ3v) is 3.13. The fraction of sp³-hybridized carbons (Fsp3) is 0.125. The fourth-order valence-corrected chi connectivity index (χ4v) is 1.86. The maximum Gasteiger partial charge on any atom is 0.427 e. The van der Waals surface area contributed by atoms with E-state index in [1.165, 1.54) is 13.3 Å². The highest BCUT2D eigenvalue weighted by Gasteiger charge is 2.01. The summed E-state index contributed by atoms with van der Waals surface area (Å²) in [6.07, 6.45) is 0.876. The van der Waals surface area contributed by atoms with Gasteiger partial charge in [-0.1, -0.05) is 41.9 Å². The number of hydrazone groups is 1. The summed E-state index contributed by atoms with van der Waals surface area (Å²) in [5.41, 5.74) is 3.91. The molecule has 5 nitrogen and oxygen atoms in total. The van der Waals surface area contributed by atoms with Crippen molar-refractivity contribution in [1.29, 1.82) is 0 Å². The molecule has 2 aromatic carbocycles. The minimum Gasteiger partial charge on any atom is -0.489 e. The standard InChI is InChI=1S/C16H15ClN2O3/c1-21-16(20)19-18-10-12-5-4-7-14(9-12)22-11-13-6-2-3-8-15(13)17/h2-10H,11H2,1H3,(H,19,20)/b18-10-. The van der Waals surface area contributed by atoms with E-state index in [1.54, 1.807) is 6.07 Å². The molecule has 0 unspecified atom stereocenters. The van der Waals surface area contributed by atoms with Gasteiger partial charge in [-0.05, 0) is 23.8 Å². The highest BCUT2D eigenvalue weighted by Crippen LogP contribution is 2.19. The molecule has 0 saturated carbocycles. The summed E-state index contributed by atoms with van der Waals surface area (Å²) in [6.45, 7) is 0.376. The van der Waals surface area contributed by atoms with Gasteiger partial charge in [0.1, 0.15) is 12.4 Å². The Hall–Kier alpha value is -2.53. The number of rotatable bonds is 5. The number of methoxy groups -OCH3 is 1. The zero-order valence-corrected chi connectivity index (χ0v) is 12.7. The van der Waals surface area contributed by atoms with E-state index >= 15 is 0 Å². The quantitative estimate of drug-likeness (QED) is 0.676. The first-order valence-electron chi connectivity index (χ1n) is 6.52. The Balaban J connectivity index is 1.97. The lowest BCUT2D eigenvalue weighted by molar-refractivity contribution is 0.171. The molecule has 2 aromatic rings. The lowest BCUT2D eigenvalue weighted by Crippen LogP contribution is -2.16. The second kappa shape index (κ2) is 8.05. The van der Waals surface area contributed by atoms with Gasteiger partial charge in [0, 0.05) is 10.6 Å². The number of hydrogen-bond acceptors (Lipinski definition) is 4. The molecule has 0 aliphatic rings. The fourth-order valence-electron chi connectivity index (χ4n) is 1.67. The largest absolute Gasteiger partial charge is 0.489 e. The van der Waals surface area contributed by atoms with Crippen molar-refractivity contribution >= 4 is 23.9 Å². The van der Waals surface area contributed by atoms with Crippen molar-refractivity contribution in [2.75, 3.05) is 7.11 Å². The first kappa shape index (κ1) is 15.9. The maximum absolute atomic E-state index is 10.9. The summed E-state index contributed by atoms with van der Waals surface area (Å²) >= 11 is 6.08. The van der Waals surface area contributed by atoms with E-state index < -0.39 is 6.09 Å². The van der Waals surface area contributed by atoms with Crippen LogP contribution in [0.2, 0.25) is 5.02 Å². The van der Waals surface area contributed by atoms with Crippen LogP contribution in [0.15, 0.2) is 53.6 Å². The summed E-state index contributed by atoms with van der Waals surface area (Å²) in [4.78, 5) is 10.9. The normalized spacial score (nSPS) is 10.5. The smallest absolute Gasteiger partial charge is 0.427 e. The summed E-state index contributed by atoms with van der Waals surface area (Å²) in [6, 6.07) is 14.8. The molecule has 0 bridgehead atoms. The van der Waals surface area contributed by atoms with Crippen molar-refractivity contribution in [2.24, 2.45) is 5.10 Å². The first-order valence-corrected chi connectivity index (χ1v) is 6.90. The molecule has 2 rings (SSSR count). The number of halogens is 1. The van der Waals surface area contributed by atoms with Crippen molar-refractivity contribution in [2.45, 2.75) is 6.61 Å². The van der Waals surface area contributed by atoms with Gasteiger partial charge in [-0.15, -0.1) is 0 Å². The highest BCUT2D eigenvalue weighted by molar-refractivity contribution is 6.31.